The van der Waals surface area contributed by atoms with Crippen molar-refractivity contribution >= 4 is 35.1 Å². The Labute approximate surface area is 124 Å². The molecule has 0 aromatic carbocycles. The molecule has 0 atom stereocenters. The van der Waals surface area contributed by atoms with Crippen LogP contribution in [0.2, 0.25) is 5.15 Å². The molecule has 0 amide bonds. The van der Waals surface area contributed by atoms with Crippen molar-refractivity contribution in [2.24, 2.45) is 5.41 Å². The predicted octanol–water partition coefficient (Wildman–Crippen LogP) is 2.21. The van der Waals surface area contributed by atoms with Gasteiger partial charge in [0.15, 0.2) is 0 Å². The van der Waals surface area contributed by atoms with E-state index in [0.717, 1.165) is 23.6 Å². The largest absolute Gasteiger partial charge is 0.469 e. The van der Waals surface area contributed by atoms with E-state index in [1.165, 1.54) is 13.4 Å². The Bertz CT molecular complexity index is 656. The first-order valence-electron chi connectivity index (χ1n) is 6.18. The first kappa shape index (κ1) is 13.6. The molecule has 2 aromatic rings. The number of halogens is 1. The summed E-state index contributed by atoms with van der Waals surface area (Å²) in [6.07, 6.45) is 4.02. The second-order valence-corrected chi connectivity index (χ2v) is 6.31. The van der Waals surface area contributed by atoms with Gasteiger partial charge in [0.25, 0.3) is 5.78 Å². The third-order valence-electron chi connectivity index (χ3n) is 3.42. The lowest BCUT2D eigenvalue weighted by Crippen LogP contribution is -2.13. The van der Waals surface area contributed by atoms with Crippen LogP contribution in [0.3, 0.4) is 0 Å². The van der Waals surface area contributed by atoms with Crippen molar-refractivity contribution < 1.29 is 9.53 Å². The number of thioether (sulfide) groups is 1. The fourth-order valence-electron chi connectivity index (χ4n) is 2.02. The number of nitrogens with zero attached hydrogens (tertiary/aromatic N) is 4. The first-order chi connectivity index (χ1) is 9.62. The van der Waals surface area contributed by atoms with Crippen LogP contribution >= 0.6 is 23.4 Å². The topological polar surface area (TPSA) is 69.4 Å². The molecule has 1 aliphatic carbocycles. The van der Waals surface area contributed by atoms with Gasteiger partial charge in [-0.05, 0) is 18.3 Å². The molecule has 3 rings (SSSR count). The summed E-state index contributed by atoms with van der Waals surface area (Å²) in [5.74, 6) is 1.16. The zero-order valence-corrected chi connectivity index (χ0v) is 12.4. The predicted molar refractivity (Wildman–Crippen MR) is 74.8 cm³/mol. The van der Waals surface area contributed by atoms with Gasteiger partial charge in [-0.15, -0.1) is 11.8 Å². The van der Waals surface area contributed by atoms with Crippen molar-refractivity contribution in [2.45, 2.75) is 24.3 Å². The molecule has 0 unspecified atom stereocenters. The fraction of sp³-hybridized carbons (Fsp3) is 0.500. The van der Waals surface area contributed by atoms with E-state index in [9.17, 15) is 4.79 Å². The second kappa shape index (κ2) is 5.21. The number of hydrogen-bond donors (Lipinski definition) is 0. The van der Waals surface area contributed by atoms with Crippen molar-refractivity contribution in [3.63, 3.8) is 0 Å². The van der Waals surface area contributed by atoms with Gasteiger partial charge < -0.3 is 4.74 Å². The molecular weight excluding hydrogens is 300 g/mol. The number of hydrogen-bond acceptors (Lipinski definition) is 6. The van der Waals surface area contributed by atoms with Crippen LogP contribution in [-0.4, -0.2) is 38.4 Å². The molecule has 1 fully saturated rings. The highest BCUT2D eigenvalue weighted by Gasteiger charge is 2.44. The maximum Gasteiger partial charge on any atom is 0.306 e. The molecule has 0 radical (unpaired) electrons. The summed E-state index contributed by atoms with van der Waals surface area (Å²) in [6.45, 7) is 0. The third-order valence-corrected chi connectivity index (χ3v) is 4.96. The van der Waals surface area contributed by atoms with Gasteiger partial charge in [0.2, 0.25) is 0 Å². The molecule has 0 bridgehead atoms. The fourth-order valence-corrected chi connectivity index (χ4v) is 3.55. The average Bonchev–Trinajstić information content (AvgIpc) is 3.02. The van der Waals surface area contributed by atoms with Gasteiger partial charge in [-0.25, -0.2) is 0 Å². The van der Waals surface area contributed by atoms with E-state index in [-0.39, 0.29) is 11.4 Å². The highest BCUT2D eigenvalue weighted by molar-refractivity contribution is 7.99. The number of methoxy groups -OCH3 is 1. The van der Waals surface area contributed by atoms with E-state index in [0.29, 0.717) is 17.4 Å². The minimum absolute atomic E-state index is 0.0560. The average molecular weight is 313 g/mol. The summed E-state index contributed by atoms with van der Waals surface area (Å²) < 4.78 is 6.41. The molecule has 0 N–H and O–H groups in total. The second-order valence-electron chi connectivity index (χ2n) is 4.93. The van der Waals surface area contributed by atoms with Crippen molar-refractivity contribution in [1.82, 2.24) is 19.6 Å². The molecule has 1 aliphatic rings. The van der Waals surface area contributed by atoms with Gasteiger partial charge in [0, 0.05) is 11.8 Å². The molecule has 0 spiro atoms. The van der Waals surface area contributed by atoms with Crippen molar-refractivity contribution in [1.29, 1.82) is 0 Å². The third kappa shape index (κ3) is 2.73. The van der Waals surface area contributed by atoms with E-state index >= 15 is 0 Å². The number of esters is 1. The summed E-state index contributed by atoms with van der Waals surface area (Å²) in [7, 11) is 1.42. The molecule has 106 valence electrons. The number of carbonyl (C=O) groups excluding carboxylic acids is 1. The van der Waals surface area contributed by atoms with Gasteiger partial charge in [-0.2, -0.15) is 19.6 Å². The van der Waals surface area contributed by atoms with Gasteiger partial charge in [0.05, 0.1) is 13.5 Å². The molecule has 2 heterocycles. The van der Waals surface area contributed by atoms with E-state index in [1.54, 1.807) is 22.3 Å². The monoisotopic (exact) mass is 312 g/mol. The summed E-state index contributed by atoms with van der Waals surface area (Å²) in [6, 6.07) is 1.77. The molecule has 6 nitrogen and oxygen atoms in total. The molecule has 0 aliphatic heterocycles. The van der Waals surface area contributed by atoms with Gasteiger partial charge in [-0.1, -0.05) is 11.6 Å². The molecule has 1 saturated carbocycles. The first-order valence-corrected chi connectivity index (χ1v) is 7.54. The zero-order chi connectivity index (χ0) is 14.2. The Morgan fingerprint density at radius 1 is 1.60 bits per heavy atom. The Kier molecular flexibility index (Phi) is 3.55. The number of ether oxygens (including phenoxy) is 1. The number of rotatable bonds is 5. The Morgan fingerprint density at radius 3 is 3.10 bits per heavy atom. The van der Waals surface area contributed by atoms with Crippen LogP contribution in [-0.2, 0) is 9.53 Å². The van der Waals surface area contributed by atoms with Crippen LogP contribution in [0, 0.1) is 5.41 Å². The van der Waals surface area contributed by atoms with Crippen molar-refractivity contribution in [3.05, 3.63) is 17.5 Å². The van der Waals surface area contributed by atoms with Gasteiger partial charge in [0.1, 0.15) is 16.5 Å². The standard InChI is InChI=1S/C12H13ClN4O2S/c1-19-10(18)5-12(2-3-12)6-20-9-4-8(13)16-11-14-7-15-17(9)11/h4,7H,2-3,5-6H2,1H3. The van der Waals surface area contributed by atoms with Crippen molar-refractivity contribution in [2.75, 3.05) is 12.9 Å². The van der Waals surface area contributed by atoms with Crippen LogP contribution in [0.5, 0.6) is 0 Å². The summed E-state index contributed by atoms with van der Waals surface area (Å²) in [4.78, 5) is 19.5. The molecule has 20 heavy (non-hydrogen) atoms. The Morgan fingerprint density at radius 2 is 2.40 bits per heavy atom. The van der Waals surface area contributed by atoms with Crippen LogP contribution in [0.25, 0.3) is 5.78 Å². The summed E-state index contributed by atoms with van der Waals surface area (Å²) in [5.41, 5.74) is 0.0560. The smallest absolute Gasteiger partial charge is 0.306 e. The normalized spacial score (nSPS) is 16.3. The van der Waals surface area contributed by atoms with E-state index in [4.69, 9.17) is 16.3 Å². The molecule has 0 saturated heterocycles. The number of carbonyl (C=O) groups is 1. The quantitative estimate of drug-likeness (QED) is 0.479. The summed E-state index contributed by atoms with van der Waals surface area (Å²) >= 11 is 7.59. The van der Waals surface area contributed by atoms with Crippen LogP contribution in [0.15, 0.2) is 17.4 Å². The lowest BCUT2D eigenvalue weighted by Gasteiger charge is -2.13. The van der Waals surface area contributed by atoms with E-state index < -0.39 is 0 Å². The van der Waals surface area contributed by atoms with Crippen LogP contribution < -0.4 is 0 Å². The maximum absolute atomic E-state index is 11.4. The van der Waals surface area contributed by atoms with Crippen LogP contribution in [0.1, 0.15) is 19.3 Å². The Hall–Kier alpha value is -1.34. The van der Waals surface area contributed by atoms with E-state index in [2.05, 4.69) is 15.1 Å². The number of fused-ring (bicyclic) bond motifs is 1. The van der Waals surface area contributed by atoms with Gasteiger partial charge in [-0.3, -0.25) is 4.79 Å². The lowest BCUT2D eigenvalue weighted by atomic mass is 10.1. The zero-order valence-electron chi connectivity index (χ0n) is 10.9. The van der Waals surface area contributed by atoms with Crippen LogP contribution in [0.4, 0.5) is 0 Å². The molecular formula is C12H13ClN4O2S. The molecule has 2 aromatic heterocycles. The van der Waals surface area contributed by atoms with E-state index in [1.807, 2.05) is 0 Å². The lowest BCUT2D eigenvalue weighted by molar-refractivity contribution is -0.141. The molecule has 8 heteroatoms. The van der Waals surface area contributed by atoms with Gasteiger partial charge >= 0.3 is 5.97 Å². The highest BCUT2D eigenvalue weighted by Crippen LogP contribution is 2.52. The Balaban J connectivity index is 1.74. The minimum Gasteiger partial charge on any atom is -0.469 e. The minimum atomic E-state index is -0.151. The highest BCUT2D eigenvalue weighted by atomic mass is 35.5. The van der Waals surface area contributed by atoms with Crippen molar-refractivity contribution in [3.8, 4) is 0 Å². The SMILES string of the molecule is COC(=O)CC1(CSc2cc(Cl)nc3ncnn23)CC1. The summed E-state index contributed by atoms with van der Waals surface area (Å²) in [5, 5.41) is 5.41. The maximum atomic E-state index is 11.4. The number of aromatic nitrogens is 4.